The molecule has 1 unspecified atom stereocenters. The molecule has 2 aromatic rings. The van der Waals surface area contributed by atoms with E-state index < -0.39 is 0 Å². The fraction of sp³-hybridized carbons (Fsp3) is 0.632. The van der Waals surface area contributed by atoms with Gasteiger partial charge in [0.2, 0.25) is 5.13 Å². The van der Waals surface area contributed by atoms with E-state index in [1.165, 1.54) is 19.4 Å². The van der Waals surface area contributed by atoms with Gasteiger partial charge >= 0.3 is 0 Å². The first kappa shape index (κ1) is 19.0. The van der Waals surface area contributed by atoms with Crippen molar-refractivity contribution < 1.29 is 4.79 Å². The molecule has 1 atom stereocenters. The van der Waals surface area contributed by atoms with Gasteiger partial charge in [-0.2, -0.15) is 5.10 Å². The molecular weight excluding hydrogens is 346 g/mol. The lowest BCUT2D eigenvalue weighted by molar-refractivity contribution is 0.0929. The standard InChI is InChI=1S/C19H29N5OS/c1-4-17-13-26-19(22-17)24-12-16(9-21-24)18(25)20-8-15-6-5-7-23(11-15)10-14(2)3/h9,12-15H,4-8,10-11H2,1-3H3,(H,20,25). The number of piperidine rings is 1. The SMILES string of the molecule is CCc1csc(-n2cc(C(=O)NCC3CCCN(CC(C)C)C3)cn2)n1. The second-order valence-corrected chi connectivity index (χ2v) is 8.36. The van der Waals surface area contributed by atoms with E-state index in [2.05, 4.69) is 41.1 Å². The van der Waals surface area contributed by atoms with Crippen molar-refractivity contribution in [3.8, 4) is 5.13 Å². The summed E-state index contributed by atoms with van der Waals surface area (Å²) in [7, 11) is 0. The molecule has 3 rings (SSSR count). The number of hydrogen-bond donors (Lipinski definition) is 1. The highest BCUT2D eigenvalue weighted by Gasteiger charge is 2.21. The summed E-state index contributed by atoms with van der Waals surface area (Å²) < 4.78 is 1.68. The van der Waals surface area contributed by atoms with E-state index in [0.29, 0.717) is 17.4 Å². The van der Waals surface area contributed by atoms with Gasteiger partial charge in [-0.25, -0.2) is 9.67 Å². The molecule has 26 heavy (non-hydrogen) atoms. The Morgan fingerprint density at radius 2 is 2.31 bits per heavy atom. The number of hydrogen-bond acceptors (Lipinski definition) is 5. The van der Waals surface area contributed by atoms with E-state index in [0.717, 1.165) is 36.9 Å². The van der Waals surface area contributed by atoms with Gasteiger partial charge in [-0.3, -0.25) is 4.79 Å². The number of nitrogens with zero attached hydrogens (tertiary/aromatic N) is 4. The Hall–Kier alpha value is -1.73. The molecule has 3 heterocycles. The average molecular weight is 376 g/mol. The highest BCUT2D eigenvalue weighted by molar-refractivity contribution is 7.12. The minimum atomic E-state index is -0.0514. The Balaban J connectivity index is 1.52. The zero-order valence-electron chi connectivity index (χ0n) is 15.9. The number of thiazole rings is 1. The van der Waals surface area contributed by atoms with Crippen LogP contribution in [0, 0.1) is 11.8 Å². The number of aromatic nitrogens is 3. The lowest BCUT2D eigenvalue weighted by Gasteiger charge is -2.33. The Bertz CT molecular complexity index is 723. The monoisotopic (exact) mass is 375 g/mol. The van der Waals surface area contributed by atoms with Crippen LogP contribution in [0.25, 0.3) is 5.13 Å². The van der Waals surface area contributed by atoms with Crippen LogP contribution in [0.15, 0.2) is 17.8 Å². The van der Waals surface area contributed by atoms with Crippen LogP contribution in [0.4, 0.5) is 0 Å². The topological polar surface area (TPSA) is 63.1 Å². The number of rotatable bonds is 7. The van der Waals surface area contributed by atoms with Crippen LogP contribution >= 0.6 is 11.3 Å². The summed E-state index contributed by atoms with van der Waals surface area (Å²) >= 11 is 1.55. The van der Waals surface area contributed by atoms with Crippen molar-refractivity contribution in [2.24, 2.45) is 11.8 Å². The summed E-state index contributed by atoms with van der Waals surface area (Å²) in [6.45, 7) is 10.7. The predicted octanol–water partition coefficient (Wildman–Crippen LogP) is 2.99. The van der Waals surface area contributed by atoms with Gasteiger partial charge in [0.25, 0.3) is 5.91 Å². The van der Waals surface area contributed by atoms with Crippen LogP contribution in [-0.4, -0.2) is 51.8 Å². The molecule has 1 aliphatic rings. The van der Waals surface area contributed by atoms with Crippen molar-refractivity contribution in [2.45, 2.75) is 40.0 Å². The van der Waals surface area contributed by atoms with Crippen LogP contribution in [0.2, 0.25) is 0 Å². The van der Waals surface area contributed by atoms with Crippen LogP contribution in [0.1, 0.15) is 49.7 Å². The zero-order chi connectivity index (χ0) is 18.5. The summed E-state index contributed by atoms with van der Waals surface area (Å²) in [6, 6.07) is 0. The molecule has 1 fully saturated rings. The van der Waals surface area contributed by atoms with Crippen molar-refractivity contribution in [1.29, 1.82) is 0 Å². The van der Waals surface area contributed by atoms with Crippen LogP contribution in [-0.2, 0) is 6.42 Å². The smallest absolute Gasteiger partial charge is 0.254 e. The molecule has 1 saturated heterocycles. The third-order valence-corrected chi connectivity index (χ3v) is 5.60. The molecular formula is C19H29N5OS. The third kappa shape index (κ3) is 4.92. The third-order valence-electron chi connectivity index (χ3n) is 4.72. The van der Waals surface area contributed by atoms with Crippen molar-refractivity contribution in [3.05, 3.63) is 29.0 Å². The molecule has 0 aliphatic carbocycles. The summed E-state index contributed by atoms with van der Waals surface area (Å²) in [5.41, 5.74) is 1.64. The van der Waals surface area contributed by atoms with E-state index in [1.54, 1.807) is 28.4 Å². The molecule has 7 heteroatoms. The quantitative estimate of drug-likeness (QED) is 0.808. The number of carbonyl (C=O) groups excluding carboxylic acids is 1. The number of carbonyl (C=O) groups is 1. The maximum atomic E-state index is 12.5. The van der Waals surface area contributed by atoms with E-state index in [9.17, 15) is 4.79 Å². The summed E-state index contributed by atoms with van der Waals surface area (Å²) in [6.07, 6.45) is 6.69. The second-order valence-electron chi connectivity index (χ2n) is 7.52. The Kier molecular flexibility index (Phi) is 6.43. The van der Waals surface area contributed by atoms with Gasteiger partial charge in [0.1, 0.15) is 0 Å². The van der Waals surface area contributed by atoms with Gasteiger partial charge in [-0.05, 0) is 37.6 Å². The molecule has 6 nitrogen and oxygen atoms in total. The fourth-order valence-corrected chi connectivity index (χ4v) is 4.29. The molecule has 142 valence electrons. The lowest BCUT2D eigenvalue weighted by Crippen LogP contribution is -2.42. The van der Waals surface area contributed by atoms with Gasteiger partial charge in [0.05, 0.1) is 17.5 Å². The van der Waals surface area contributed by atoms with E-state index in [-0.39, 0.29) is 5.91 Å². The maximum absolute atomic E-state index is 12.5. The molecule has 2 aromatic heterocycles. The second kappa shape index (κ2) is 8.77. The Morgan fingerprint density at radius 3 is 3.04 bits per heavy atom. The fourth-order valence-electron chi connectivity index (χ4n) is 3.45. The molecule has 0 radical (unpaired) electrons. The first-order valence-corrected chi connectivity index (χ1v) is 10.4. The van der Waals surface area contributed by atoms with Crippen molar-refractivity contribution >= 4 is 17.2 Å². The summed E-state index contributed by atoms with van der Waals surface area (Å²) in [5.74, 6) is 1.17. The molecule has 0 spiro atoms. The average Bonchev–Trinajstić information content (AvgIpc) is 3.28. The van der Waals surface area contributed by atoms with Crippen LogP contribution in [0.5, 0.6) is 0 Å². The maximum Gasteiger partial charge on any atom is 0.254 e. The van der Waals surface area contributed by atoms with E-state index in [1.807, 2.05) is 5.38 Å². The Labute approximate surface area is 159 Å². The normalized spacial score (nSPS) is 18.4. The van der Waals surface area contributed by atoms with Gasteiger partial charge < -0.3 is 10.2 Å². The molecule has 0 saturated carbocycles. The lowest BCUT2D eigenvalue weighted by atomic mass is 9.97. The van der Waals surface area contributed by atoms with Crippen LogP contribution in [0.3, 0.4) is 0 Å². The van der Waals surface area contributed by atoms with Crippen LogP contribution < -0.4 is 5.32 Å². The first-order chi connectivity index (χ1) is 12.5. The van der Waals surface area contributed by atoms with Crippen molar-refractivity contribution in [1.82, 2.24) is 25.0 Å². The summed E-state index contributed by atoms with van der Waals surface area (Å²) in [4.78, 5) is 19.5. The minimum absolute atomic E-state index is 0.0514. The van der Waals surface area contributed by atoms with Gasteiger partial charge in [0, 0.05) is 31.2 Å². The highest BCUT2D eigenvalue weighted by atomic mass is 32.1. The highest BCUT2D eigenvalue weighted by Crippen LogP contribution is 2.18. The number of likely N-dealkylation sites (tertiary alicyclic amines) is 1. The number of amides is 1. The Morgan fingerprint density at radius 1 is 1.46 bits per heavy atom. The molecule has 1 aliphatic heterocycles. The first-order valence-electron chi connectivity index (χ1n) is 9.55. The van der Waals surface area contributed by atoms with Gasteiger partial charge in [0.15, 0.2) is 0 Å². The zero-order valence-corrected chi connectivity index (χ0v) is 16.8. The van der Waals surface area contributed by atoms with E-state index in [4.69, 9.17) is 0 Å². The predicted molar refractivity (Wildman–Crippen MR) is 105 cm³/mol. The minimum Gasteiger partial charge on any atom is -0.352 e. The number of aryl methyl sites for hydroxylation is 1. The van der Waals surface area contributed by atoms with E-state index >= 15 is 0 Å². The molecule has 0 bridgehead atoms. The van der Waals surface area contributed by atoms with Crippen molar-refractivity contribution in [3.63, 3.8) is 0 Å². The number of nitrogens with one attached hydrogen (secondary N) is 1. The van der Waals surface area contributed by atoms with Gasteiger partial charge in [-0.15, -0.1) is 11.3 Å². The van der Waals surface area contributed by atoms with Crippen molar-refractivity contribution in [2.75, 3.05) is 26.2 Å². The molecule has 1 amide bonds. The van der Waals surface area contributed by atoms with Gasteiger partial charge in [-0.1, -0.05) is 20.8 Å². The molecule has 1 N–H and O–H groups in total. The summed E-state index contributed by atoms with van der Waals surface area (Å²) in [5, 5.41) is 10.2. The molecule has 0 aromatic carbocycles. The largest absolute Gasteiger partial charge is 0.352 e.